The first-order valence-corrected chi connectivity index (χ1v) is 8.92. The fraction of sp³-hybridized carbons (Fsp3) is 0.250. The molecule has 0 aliphatic carbocycles. The van der Waals surface area contributed by atoms with Crippen LogP contribution in [0.25, 0.3) is 0 Å². The van der Waals surface area contributed by atoms with E-state index in [9.17, 15) is 14.4 Å². The number of fused-ring (bicyclic) bond motifs is 1. The minimum atomic E-state index is -0.533. The molecule has 28 heavy (non-hydrogen) atoms. The first-order valence-electron chi connectivity index (χ1n) is 8.92. The summed E-state index contributed by atoms with van der Waals surface area (Å²) >= 11 is 0. The van der Waals surface area contributed by atoms with Crippen molar-refractivity contribution in [1.82, 2.24) is 0 Å². The number of nitrogens with one attached hydrogen (secondary N) is 1. The zero-order valence-corrected chi connectivity index (χ0v) is 15.0. The molecule has 1 fully saturated rings. The summed E-state index contributed by atoms with van der Waals surface area (Å²) in [5.41, 5.74) is 6.79. The molecule has 8 heteroatoms. The van der Waals surface area contributed by atoms with Crippen LogP contribution in [0.15, 0.2) is 42.5 Å². The Morgan fingerprint density at radius 2 is 1.75 bits per heavy atom. The van der Waals surface area contributed by atoms with Crippen LogP contribution in [0.1, 0.15) is 16.8 Å². The third kappa shape index (κ3) is 3.48. The molecular weight excluding hydrogens is 362 g/mol. The number of hydrogen-bond acceptors (Lipinski definition) is 5. The highest BCUT2D eigenvalue weighted by Crippen LogP contribution is 2.36. The smallest absolute Gasteiger partial charge is 0.248 e. The van der Waals surface area contributed by atoms with Gasteiger partial charge >= 0.3 is 0 Å². The Morgan fingerprint density at radius 1 is 1.04 bits per heavy atom. The van der Waals surface area contributed by atoms with Crippen LogP contribution in [0.2, 0.25) is 0 Å². The van der Waals surface area contributed by atoms with Crippen LogP contribution in [0.3, 0.4) is 0 Å². The molecule has 0 aromatic heterocycles. The summed E-state index contributed by atoms with van der Waals surface area (Å²) in [7, 11) is 0. The van der Waals surface area contributed by atoms with E-state index < -0.39 is 11.8 Å². The molecular formula is C20H19N3O5. The molecule has 144 valence electrons. The summed E-state index contributed by atoms with van der Waals surface area (Å²) in [6.45, 7) is 1.24. The van der Waals surface area contributed by atoms with E-state index in [-0.39, 0.29) is 24.8 Å². The Kier molecular flexibility index (Phi) is 4.60. The molecule has 2 aromatic carbocycles. The maximum atomic E-state index is 12.6. The SMILES string of the molecule is NC(=O)c1ccc(NC(=O)[C@@H]2CC(=O)N(c3ccc4c(c3)OCCO4)C2)cc1. The fourth-order valence-electron chi connectivity index (χ4n) is 3.29. The molecule has 2 aliphatic rings. The molecule has 0 spiro atoms. The highest BCUT2D eigenvalue weighted by Gasteiger charge is 2.35. The van der Waals surface area contributed by atoms with Crippen LogP contribution in [-0.4, -0.2) is 37.5 Å². The van der Waals surface area contributed by atoms with Gasteiger partial charge in [0.2, 0.25) is 17.7 Å². The van der Waals surface area contributed by atoms with Gasteiger partial charge in [0.1, 0.15) is 13.2 Å². The minimum absolute atomic E-state index is 0.124. The maximum Gasteiger partial charge on any atom is 0.248 e. The Hall–Kier alpha value is -3.55. The Balaban J connectivity index is 1.44. The van der Waals surface area contributed by atoms with Gasteiger partial charge in [0, 0.05) is 36.0 Å². The van der Waals surface area contributed by atoms with E-state index in [1.54, 1.807) is 47.4 Å². The predicted octanol–water partition coefficient (Wildman–Crippen LogP) is 1.55. The van der Waals surface area contributed by atoms with Gasteiger partial charge in [0.25, 0.3) is 0 Å². The summed E-state index contributed by atoms with van der Waals surface area (Å²) in [6, 6.07) is 11.6. The first kappa shape index (κ1) is 17.8. The normalized spacial score (nSPS) is 18.1. The van der Waals surface area contributed by atoms with Gasteiger partial charge in [-0.05, 0) is 36.4 Å². The Labute approximate surface area is 161 Å². The zero-order valence-electron chi connectivity index (χ0n) is 15.0. The lowest BCUT2D eigenvalue weighted by Crippen LogP contribution is -2.28. The lowest BCUT2D eigenvalue weighted by atomic mass is 10.1. The molecule has 8 nitrogen and oxygen atoms in total. The van der Waals surface area contributed by atoms with E-state index in [1.165, 1.54) is 0 Å². The molecule has 2 heterocycles. The highest BCUT2D eigenvalue weighted by molar-refractivity contribution is 6.03. The maximum absolute atomic E-state index is 12.6. The molecule has 4 rings (SSSR count). The first-order chi connectivity index (χ1) is 13.5. The van der Waals surface area contributed by atoms with Crippen LogP contribution in [0, 0.1) is 5.92 Å². The van der Waals surface area contributed by atoms with Crippen molar-refractivity contribution in [1.29, 1.82) is 0 Å². The average molecular weight is 381 g/mol. The highest BCUT2D eigenvalue weighted by atomic mass is 16.6. The molecule has 1 saturated heterocycles. The number of nitrogens with two attached hydrogens (primary N) is 1. The number of primary amides is 1. The van der Waals surface area contributed by atoms with Crippen LogP contribution < -0.4 is 25.4 Å². The molecule has 2 aliphatic heterocycles. The molecule has 3 N–H and O–H groups in total. The van der Waals surface area contributed by atoms with Crippen molar-refractivity contribution in [3.63, 3.8) is 0 Å². The van der Waals surface area contributed by atoms with E-state index in [0.717, 1.165) is 0 Å². The van der Waals surface area contributed by atoms with E-state index >= 15 is 0 Å². The summed E-state index contributed by atoms with van der Waals surface area (Å²) in [5.74, 6) is -0.138. The van der Waals surface area contributed by atoms with Crippen molar-refractivity contribution >= 4 is 29.1 Å². The van der Waals surface area contributed by atoms with Gasteiger partial charge in [-0.1, -0.05) is 0 Å². The Morgan fingerprint density at radius 3 is 2.46 bits per heavy atom. The van der Waals surface area contributed by atoms with Crippen LogP contribution in [0.4, 0.5) is 11.4 Å². The lowest BCUT2D eigenvalue weighted by molar-refractivity contribution is -0.122. The second-order valence-electron chi connectivity index (χ2n) is 6.66. The van der Waals surface area contributed by atoms with Gasteiger partial charge in [0.15, 0.2) is 11.5 Å². The van der Waals surface area contributed by atoms with Gasteiger partial charge < -0.3 is 25.4 Å². The predicted molar refractivity (Wildman–Crippen MR) is 101 cm³/mol. The lowest BCUT2D eigenvalue weighted by Gasteiger charge is -2.22. The van der Waals surface area contributed by atoms with Crippen LogP contribution >= 0.6 is 0 Å². The molecule has 3 amide bonds. The van der Waals surface area contributed by atoms with E-state index in [4.69, 9.17) is 15.2 Å². The quantitative estimate of drug-likeness (QED) is 0.835. The van der Waals surface area contributed by atoms with Crippen molar-refractivity contribution in [3.8, 4) is 11.5 Å². The van der Waals surface area contributed by atoms with Crippen LogP contribution in [-0.2, 0) is 9.59 Å². The van der Waals surface area contributed by atoms with Crippen LogP contribution in [0.5, 0.6) is 11.5 Å². The second kappa shape index (κ2) is 7.22. The number of amides is 3. The van der Waals surface area contributed by atoms with Gasteiger partial charge in [-0.15, -0.1) is 0 Å². The van der Waals surface area contributed by atoms with Gasteiger partial charge in [-0.3, -0.25) is 14.4 Å². The zero-order chi connectivity index (χ0) is 19.7. The molecule has 0 unspecified atom stereocenters. The minimum Gasteiger partial charge on any atom is -0.486 e. The third-order valence-corrected chi connectivity index (χ3v) is 4.77. The van der Waals surface area contributed by atoms with Gasteiger partial charge in [-0.25, -0.2) is 0 Å². The summed E-state index contributed by atoms with van der Waals surface area (Å²) in [4.78, 5) is 37.7. The number of benzene rings is 2. The topological polar surface area (TPSA) is 111 Å². The monoisotopic (exact) mass is 381 g/mol. The number of anilines is 2. The second-order valence-corrected chi connectivity index (χ2v) is 6.66. The fourth-order valence-corrected chi connectivity index (χ4v) is 3.29. The van der Waals surface area contributed by atoms with Crippen molar-refractivity contribution < 1.29 is 23.9 Å². The number of nitrogens with zero attached hydrogens (tertiary/aromatic N) is 1. The van der Waals surface area contributed by atoms with Crippen molar-refractivity contribution in [2.75, 3.05) is 30.0 Å². The largest absolute Gasteiger partial charge is 0.486 e. The standard InChI is InChI=1S/C20H19N3O5/c21-19(25)12-1-3-14(4-2-12)22-20(26)13-9-18(24)23(11-13)15-5-6-16-17(10-15)28-8-7-27-16/h1-6,10,13H,7-9,11H2,(H2,21,25)(H,22,26)/t13-/m1/s1. The molecule has 0 saturated carbocycles. The summed E-state index contributed by atoms with van der Waals surface area (Å²) < 4.78 is 11.1. The number of rotatable bonds is 4. The average Bonchev–Trinajstić information content (AvgIpc) is 3.10. The number of ether oxygens (including phenoxy) is 2. The van der Waals surface area contributed by atoms with E-state index in [1.807, 2.05) is 0 Å². The number of carbonyl (C=O) groups is 3. The van der Waals surface area contributed by atoms with Crippen molar-refractivity contribution in [2.24, 2.45) is 11.7 Å². The summed E-state index contributed by atoms with van der Waals surface area (Å²) in [6.07, 6.45) is 0.125. The van der Waals surface area contributed by atoms with Crippen molar-refractivity contribution in [3.05, 3.63) is 48.0 Å². The van der Waals surface area contributed by atoms with Gasteiger partial charge in [0.05, 0.1) is 5.92 Å². The molecule has 1 atom stereocenters. The Bertz CT molecular complexity index is 941. The number of carbonyl (C=O) groups excluding carboxylic acids is 3. The molecule has 2 aromatic rings. The molecule has 0 radical (unpaired) electrons. The van der Waals surface area contributed by atoms with Crippen molar-refractivity contribution in [2.45, 2.75) is 6.42 Å². The molecule has 0 bridgehead atoms. The third-order valence-electron chi connectivity index (χ3n) is 4.77. The summed E-state index contributed by atoms with van der Waals surface area (Å²) in [5, 5.41) is 2.78. The van der Waals surface area contributed by atoms with E-state index in [2.05, 4.69) is 5.32 Å². The van der Waals surface area contributed by atoms with E-state index in [0.29, 0.717) is 41.7 Å². The number of hydrogen-bond donors (Lipinski definition) is 2. The van der Waals surface area contributed by atoms with Gasteiger partial charge in [-0.2, -0.15) is 0 Å².